The molecule has 108 valence electrons. The number of hydrogen-bond acceptors (Lipinski definition) is 5. The number of likely N-dealkylation sites (tertiary alicyclic amines) is 1. The van der Waals surface area contributed by atoms with Crippen molar-refractivity contribution in [2.45, 2.75) is 46.1 Å². The Hall–Kier alpha value is -0.940. The molecule has 1 atom stereocenters. The summed E-state index contributed by atoms with van der Waals surface area (Å²) in [5.41, 5.74) is 0. The van der Waals surface area contributed by atoms with Crippen LogP contribution in [0.1, 0.15) is 44.8 Å². The Morgan fingerprint density at radius 1 is 1.47 bits per heavy atom. The summed E-state index contributed by atoms with van der Waals surface area (Å²) >= 11 is 0. The van der Waals surface area contributed by atoms with Crippen LogP contribution in [0, 0.1) is 11.8 Å². The fraction of sp³-hybridized carbons (Fsp3) is 0.857. The van der Waals surface area contributed by atoms with Crippen molar-refractivity contribution in [1.29, 1.82) is 0 Å². The van der Waals surface area contributed by atoms with E-state index in [1.54, 1.807) is 0 Å². The summed E-state index contributed by atoms with van der Waals surface area (Å²) in [5.74, 6) is 2.69. The second-order valence-corrected chi connectivity index (χ2v) is 5.96. The summed E-state index contributed by atoms with van der Waals surface area (Å²) in [4.78, 5) is 6.82. The molecule has 5 nitrogen and oxygen atoms in total. The molecule has 5 heteroatoms. The van der Waals surface area contributed by atoms with E-state index in [2.05, 4.69) is 28.9 Å². The maximum absolute atomic E-state index is 9.02. The zero-order valence-corrected chi connectivity index (χ0v) is 12.0. The van der Waals surface area contributed by atoms with Crippen LogP contribution in [-0.4, -0.2) is 39.8 Å². The van der Waals surface area contributed by atoms with Gasteiger partial charge < -0.3 is 9.63 Å². The summed E-state index contributed by atoms with van der Waals surface area (Å²) in [6, 6.07) is 0. The molecule has 1 aromatic rings. The van der Waals surface area contributed by atoms with E-state index in [9.17, 15) is 0 Å². The number of nitrogens with zero attached hydrogens (tertiary/aromatic N) is 3. The minimum Gasteiger partial charge on any atom is -0.396 e. The quantitative estimate of drug-likeness (QED) is 0.852. The lowest BCUT2D eigenvalue weighted by Gasteiger charge is -2.31. The molecular weight excluding hydrogens is 242 g/mol. The van der Waals surface area contributed by atoms with Crippen molar-refractivity contribution in [3.63, 3.8) is 0 Å². The summed E-state index contributed by atoms with van der Waals surface area (Å²) in [6.45, 7) is 7.48. The molecule has 0 spiro atoms. The third-order valence-electron chi connectivity index (χ3n) is 3.60. The summed E-state index contributed by atoms with van der Waals surface area (Å²) in [6.07, 6.45) is 4.17. The average molecular weight is 267 g/mol. The van der Waals surface area contributed by atoms with Gasteiger partial charge >= 0.3 is 0 Å². The fourth-order valence-electron chi connectivity index (χ4n) is 2.70. The van der Waals surface area contributed by atoms with E-state index in [-0.39, 0.29) is 0 Å². The van der Waals surface area contributed by atoms with Crippen molar-refractivity contribution in [1.82, 2.24) is 15.0 Å². The Kier molecular flexibility index (Phi) is 5.34. The number of aliphatic hydroxyl groups is 1. The zero-order chi connectivity index (χ0) is 13.7. The Morgan fingerprint density at radius 2 is 2.32 bits per heavy atom. The largest absolute Gasteiger partial charge is 0.396 e. The lowest BCUT2D eigenvalue weighted by molar-refractivity contribution is 0.139. The van der Waals surface area contributed by atoms with Gasteiger partial charge in [-0.3, -0.25) is 4.90 Å². The Morgan fingerprint density at radius 3 is 3.05 bits per heavy atom. The first kappa shape index (κ1) is 14.5. The summed E-state index contributed by atoms with van der Waals surface area (Å²) < 4.78 is 5.26. The first-order valence-corrected chi connectivity index (χ1v) is 7.32. The number of aliphatic hydroxyl groups excluding tert-OH is 1. The minimum atomic E-state index is 0.291. The first-order chi connectivity index (χ1) is 9.17. The number of hydrogen-bond donors (Lipinski definition) is 1. The molecule has 0 aromatic carbocycles. The highest BCUT2D eigenvalue weighted by Gasteiger charge is 2.21. The number of piperidine rings is 1. The lowest BCUT2D eigenvalue weighted by atomic mass is 9.95. The molecule has 1 unspecified atom stereocenters. The van der Waals surface area contributed by atoms with Crippen molar-refractivity contribution in [2.75, 3.05) is 19.7 Å². The summed E-state index contributed by atoms with van der Waals surface area (Å²) in [5, 5.41) is 13.1. The van der Waals surface area contributed by atoms with Gasteiger partial charge in [0.05, 0.1) is 6.54 Å². The van der Waals surface area contributed by atoms with Crippen LogP contribution in [-0.2, 0) is 13.0 Å². The van der Waals surface area contributed by atoms with Gasteiger partial charge in [0.15, 0.2) is 5.82 Å². The highest BCUT2D eigenvalue weighted by atomic mass is 16.5. The molecule has 2 heterocycles. The molecule has 0 saturated carbocycles. The van der Waals surface area contributed by atoms with Crippen molar-refractivity contribution < 1.29 is 9.63 Å². The lowest BCUT2D eigenvalue weighted by Crippen LogP contribution is -2.35. The van der Waals surface area contributed by atoms with Gasteiger partial charge in [0.25, 0.3) is 0 Å². The molecule has 1 fully saturated rings. The smallest absolute Gasteiger partial charge is 0.226 e. The van der Waals surface area contributed by atoms with Crippen molar-refractivity contribution in [2.24, 2.45) is 11.8 Å². The van der Waals surface area contributed by atoms with Crippen molar-refractivity contribution >= 4 is 0 Å². The molecular formula is C14H25N3O2. The molecule has 0 amide bonds. The Balaban J connectivity index is 1.84. The zero-order valence-electron chi connectivity index (χ0n) is 12.0. The maximum Gasteiger partial charge on any atom is 0.226 e. The Labute approximate surface area is 115 Å². The number of aromatic nitrogens is 2. The van der Waals surface area contributed by atoms with E-state index in [1.807, 2.05) is 0 Å². The van der Waals surface area contributed by atoms with E-state index in [1.165, 1.54) is 12.8 Å². The van der Waals surface area contributed by atoms with Gasteiger partial charge in [-0.05, 0) is 37.6 Å². The first-order valence-electron chi connectivity index (χ1n) is 7.32. The SMILES string of the molecule is CC(C)Cc1nc(CN2CCCC(CCO)C2)no1. The summed E-state index contributed by atoms with van der Waals surface area (Å²) in [7, 11) is 0. The minimum absolute atomic E-state index is 0.291. The molecule has 1 aliphatic heterocycles. The van der Waals surface area contributed by atoms with Gasteiger partial charge in [-0.1, -0.05) is 19.0 Å². The second-order valence-electron chi connectivity index (χ2n) is 5.96. The average Bonchev–Trinajstić information content (AvgIpc) is 2.76. The van der Waals surface area contributed by atoms with Gasteiger partial charge in [0, 0.05) is 19.6 Å². The topological polar surface area (TPSA) is 62.4 Å². The van der Waals surface area contributed by atoms with Crippen molar-refractivity contribution in [3.05, 3.63) is 11.7 Å². The normalized spacial score (nSPS) is 21.2. The van der Waals surface area contributed by atoms with Crippen LogP contribution in [0.4, 0.5) is 0 Å². The van der Waals surface area contributed by atoms with E-state index >= 15 is 0 Å². The fourth-order valence-corrected chi connectivity index (χ4v) is 2.70. The maximum atomic E-state index is 9.02. The van der Waals surface area contributed by atoms with E-state index in [0.717, 1.165) is 44.2 Å². The number of rotatable bonds is 6. The standard InChI is InChI=1S/C14H25N3O2/c1-11(2)8-14-15-13(16-19-14)10-17-6-3-4-12(9-17)5-7-18/h11-12,18H,3-10H2,1-2H3. The van der Waals surface area contributed by atoms with E-state index in [4.69, 9.17) is 9.63 Å². The molecule has 1 aromatic heterocycles. The molecule has 1 saturated heterocycles. The monoisotopic (exact) mass is 267 g/mol. The molecule has 1 N–H and O–H groups in total. The van der Waals surface area contributed by atoms with Crippen LogP contribution < -0.4 is 0 Å². The van der Waals surface area contributed by atoms with Crippen LogP contribution in [0.25, 0.3) is 0 Å². The molecule has 19 heavy (non-hydrogen) atoms. The van der Waals surface area contributed by atoms with Gasteiger partial charge in [0.2, 0.25) is 5.89 Å². The van der Waals surface area contributed by atoms with Crippen LogP contribution in [0.3, 0.4) is 0 Å². The van der Waals surface area contributed by atoms with Crippen LogP contribution in [0.5, 0.6) is 0 Å². The predicted octanol–water partition coefficient (Wildman–Crippen LogP) is 1.86. The predicted molar refractivity (Wildman–Crippen MR) is 72.5 cm³/mol. The highest BCUT2D eigenvalue weighted by Crippen LogP contribution is 2.20. The molecule has 0 bridgehead atoms. The third kappa shape index (κ3) is 4.58. The molecule has 0 aliphatic carbocycles. The highest BCUT2D eigenvalue weighted by molar-refractivity contribution is 4.88. The van der Waals surface area contributed by atoms with Crippen LogP contribution in [0.2, 0.25) is 0 Å². The van der Waals surface area contributed by atoms with Crippen LogP contribution >= 0.6 is 0 Å². The Bertz CT molecular complexity index is 377. The van der Waals surface area contributed by atoms with Gasteiger partial charge in [0.1, 0.15) is 0 Å². The van der Waals surface area contributed by atoms with Crippen LogP contribution in [0.15, 0.2) is 4.52 Å². The molecule has 1 aliphatic rings. The van der Waals surface area contributed by atoms with Crippen molar-refractivity contribution in [3.8, 4) is 0 Å². The molecule has 0 radical (unpaired) electrons. The van der Waals surface area contributed by atoms with E-state index in [0.29, 0.717) is 18.4 Å². The van der Waals surface area contributed by atoms with Gasteiger partial charge in [-0.2, -0.15) is 4.98 Å². The van der Waals surface area contributed by atoms with Gasteiger partial charge in [-0.25, -0.2) is 0 Å². The molecule has 2 rings (SSSR count). The van der Waals surface area contributed by atoms with Gasteiger partial charge in [-0.15, -0.1) is 0 Å². The second kappa shape index (κ2) is 7.01. The third-order valence-corrected chi connectivity index (χ3v) is 3.60. The van der Waals surface area contributed by atoms with E-state index < -0.39 is 0 Å².